The van der Waals surface area contributed by atoms with E-state index in [1.165, 1.54) is 5.56 Å². The monoisotopic (exact) mass is 279 g/mol. The SMILES string of the molecule is c1ccc(CONCc2ccc(-n3cccn3)cc2)cc1. The highest BCUT2D eigenvalue weighted by Gasteiger charge is 1.97. The van der Waals surface area contributed by atoms with Crippen LogP contribution in [0.3, 0.4) is 0 Å². The first kappa shape index (κ1) is 13.5. The Balaban J connectivity index is 1.47. The van der Waals surface area contributed by atoms with Gasteiger partial charge in [-0.05, 0) is 29.3 Å². The van der Waals surface area contributed by atoms with Gasteiger partial charge in [0, 0.05) is 18.9 Å². The molecular formula is C17H17N3O. The molecule has 0 fully saturated rings. The second kappa shape index (κ2) is 6.83. The van der Waals surface area contributed by atoms with Crippen molar-refractivity contribution in [2.75, 3.05) is 0 Å². The van der Waals surface area contributed by atoms with Crippen molar-refractivity contribution in [3.8, 4) is 5.69 Å². The molecule has 2 aromatic carbocycles. The molecule has 0 aliphatic heterocycles. The van der Waals surface area contributed by atoms with Gasteiger partial charge in [-0.25, -0.2) is 4.68 Å². The van der Waals surface area contributed by atoms with Crippen LogP contribution in [-0.2, 0) is 18.0 Å². The maximum absolute atomic E-state index is 5.46. The van der Waals surface area contributed by atoms with Crippen molar-refractivity contribution in [1.29, 1.82) is 0 Å². The highest BCUT2D eigenvalue weighted by Crippen LogP contribution is 2.08. The molecule has 106 valence electrons. The molecule has 0 unspecified atom stereocenters. The third-order valence-electron chi connectivity index (χ3n) is 3.17. The van der Waals surface area contributed by atoms with Gasteiger partial charge in [0.15, 0.2) is 0 Å². The molecule has 0 saturated carbocycles. The first-order valence-corrected chi connectivity index (χ1v) is 6.89. The molecule has 0 aliphatic carbocycles. The van der Waals surface area contributed by atoms with Gasteiger partial charge in [-0.2, -0.15) is 10.6 Å². The molecular weight excluding hydrogens is 262 g/mol. The van der Waals surface area contributed by atoms with Gasteiger partial charge in [-0.15, -0.1) is 0 Å². The van der Waals surface area contributed by atoms with E-state index in [9.17, 15) is 0 Å². The first-order valence-electron chi connectivity index (χ1n) is 6.89. The van der Waals surface area contributed by atoms with E-state index >= 15 is 0 Å². The summed E-state index contributed by atoms with van der Waals surface area (Å²) < 4.78 is 1.84. The second-order valence-corrected chi connectivity index (χ2v) is 4.71. The lowest BCUT2D eigenvalue weighted by molar-refractivity contribution is 0.0235. The fraction of sp³-hybridized carbons (Fsp3) is 0.118. The van der Waals surface area contributed by atoms with Crippen LogP contribution in [-0.4, -0.2) is 9.78 Å². The van der Waals surface area contributed by atoms with Gasteiger partial charge < -0.3 is 0 Å². The van der Waals surface area contributed by atoms with Crippen LogP contribution in [0.5, 0.6) is 0 Å². The Bertz CT molecular complexity index is 648. The largest absolute Gasteiger partial charge is 0.297 e. The minimum atomic E-state index is 0.562. The number of nitrogens with zero attached hydrogens (tertiary/aromatic N) is 2. The van der Waals surface area contributed by atoms with Crippen LogP contribution < -0.4 is 5.48 Å². The summed E-state index contributed by atoms with van der Waals surface area (Å²) in [6.45, 7) is 1.23. The molecule has 0 radical (unpaired) electrons. The van der Waals surface area contributed by atoms with Gasteiger partial charge >= 0.3 is 0 Å². The summed E-state index contributed by atoms with van der Waals surface area (Å²) >= 11 is 0. The van der Waals surface area contributed by atoms with Crippen molar-refractivity contribution < 1.29 is 4.84 Å². The molecule has 0 spiro atoms. The molecule has 4 nitrogen and oxygen atoms in total. The number of benzene rings is 2. The Kier molecular flexibility index (Phi) is 4.41. The molecule has 4 heteroatoms. The van der Waals surface area contributed by atoms with Crippen LogP contribution in [0.4, 0.5) is 0 Å². The van der Waals surface area contributed by atoms with Crippen LogP contribution >= 0.6 is 0 Å². The van der Waals surface area contributed by atoms with E-state index in [2.05, 4.69) is 22.7 Å². The molecule has 3 aromatic rings. The van der Waals surface area contributed by atoms with Gasteiger partial charge in [0.25, 0.3) is 0 Å². The third-order valence-corrected chi connectivity index (χ3v) is 3.17. The van der Waals surface area contributed by atoms with E-state index in [4.69, 9.17) is 4.84 Å². The number of hydrogen-bond donors (Lipinski definition) is 1. The van der Waals surface area contributed by atoms with Crippen molar-refractivity contribution in [2.45, 2.75) is 13.2 Å². The van der Waals surface area contributed by atoms with Crippen LogP contribution in [0, 0.1) is 0 Å². The molecule has 1 N–H and O–H groups in total. The van der Waals surface area contributed by atoms with E-state index in [0.717, 1.165) is 11.3 Å². The number of nitrogens with one attached hydrogen (secondary N) is 1. The molecule has 0 aliphatic rings. The predicted octanol–water partition coefficient (Wildman–Crippen LogP) is 3.09. The molecule has 1 heterocycles. The fourth-order valence-corrected chi connectivity index (χ4v) is 2.03. The Morgan fingerprint density at radius 3 is 2.43 bits per heavy atom. The Morgan fingerprint density at radius 2 is 1.71 bits per heavy atom. The highest BCUT2D eigenvalue weighted by atomic mass is 16.6. The number of aromatic nitrogens is 2. The molecule has 0 saturated heterocycles. The van der Waals surface area contributed by atoms with Crippen LogP contribution in [0.1, 0.15) is 11.1 Å². The lowest BCUT2D eigenvalue weighted by Crippen LogP contribution is -2.13. The first-order chi connectivity index (χ1) is 10.4. The number of rotatable bonds is 6. The van der Waals surface area contributed by atoms with Crippen molar-refractivity contribution >= 4 is 0 Å². The zero-order valence-corrected chi connectivity index (χ0v) is 11.6. The summed E-state index contributed by atoms with van der Waals surface area (Å²) in [6.07, 6.45) is 3.70. The average Bonchev–Trinajstić information content (AvgIpc) is 3.08. The molecule has 0 amide bonds. The topological polar surface area (TPSA) is 39.1 Å². The average molecular weight is 279 g/mol. The van der Waals surface area contributed by atoms with Gasteiger partial charge in [-0.3, -0.25) is 4.84 Å². The summed E-state index contributed by atoms with van der Waals surface area (Å²) in [5.74, 6) is 0. The molecule has 0 bridgehead atoms. The summed E-state index contributed by atoms with van der Waals surface area (Å²) in [5, 5.41) is 4.20. The van der Waals surface area contributed by atoms with Crippen LogP contribution in [0.15, 0.2) is 73.1 Å². The van der Waals surface area contributed by atoms with Gasteiger partial charge in [0.1, 0.15) is 0 Å². The van der Waals surface area contributed by atoms with Crippen molar-refractivity contribution in [2.24, 2.45) is 0 Å². The van der Waals surface area contributed by atoms with E-state index in [0.29, 0.717) is 13.2 Å². The number of hydroxylamine groups is 1. The third kappa shape index (κ3) is 3.78. The highest BCUT2D eigenvalue weighted by molar-refractivity contribution is 5.33. The fourth-order valence-electron chi connectivity index (χ4n) is 2.03. The number of hydrogen-bond acceptors (Lipinski definition) is 3. The Hall–Kier alpha value is -2.43. The lowest BCUT2D eigenvalue weighted by atomic mass is 10.2. The van der Waals surface area contributed by atoms with E-state index in [-0.39, 0.29) is 0 Å². The van der Waals surface area contributed by atoms with Crippen LogP contribution in [0.25, 0.3) is 5.69 Å². The quantitative estimate of drug-likeness (QED) is 0.556. The minimum Gasteiger partial charge on any atom is -0.297 e. The Labute approximate surface area is 124 Å². The van der Waals surface area contributed by atoms with Crippen molar-refractivity contribution in [3.05, 3.63) is 84.2 Å². The Morgan fingerprint density at radius 1 is 0.905 bits per heavy atom. The summed E-state index contributed by atoms with van der Waals surface area (Å²) in [5.41, 5.74) is 6.35. The van der Waals surface area contributed by atoms with E-state index in [1.807, 2.05) is 59.4 Å². The summed E-state index contributed by atoms with van der Waals surface area (Å²) in [6, 6.07) is 20.2. The van der Waals surface area contributed by atoms with Crippen LogP contribution in [0.2, 0.25) is 0 Å². The maximum atomic E-state index is 5.46. The van der Waals surface area contributed by atoms with Gasteiger partial charge in [0.2, 0.25) is 0 Å². The van der Waals surface area contributed by atoms with Crippen molar-refractivity contribution in [1.82, 2.24) is 15.3 Å². The molecule has 3 rings (SSSR count). The van der Waals surface area contributed by atoms with Gasteiger partial charge in [-0.1, -0.05) is 42.5 Å². The molecule has 0 atom stereocenters. The smallest absolute Gasteiger partial charge is 0.0933 e. The summed E-state index contributed by atoms with van der Waals surface area (Å²) in [4.78, 5) is 5.46. The normalized spacial score (nSPS) is 10.7. The lowest BCUT2D eigenvalue weighted by Gasteiger charge is -2.07. The van der Waals surface area contributed by atoms with E-state index < -0.39 is 0 Å². The molecule has 1 aromatic heterocycles. The minimum absolute atomic E-state index is 0.562. The van der Waals surface area contributed by atoms with Gasteiger partial charge in [0.05, 0.1) is 12.3 Å². The zero-order valence-electron chi connectivity index (χ0n) is 11.6. The maximum Gasteiger partial charge on any atom is 0.0933 e. The molecule has 21 heavy (non-hydrogen) atoms. The zero-order chi connectivity index (χ0) is 14.3. The van der Waals surface area contributed by atoms with Crippen molar-refractivity contribution in [3.63, 3.8) is 0 Å². The summed E-state index contributed by atoms with van der Waals surface area (Å²) in [7, 11) is 0. The predicted molar refractivity (Wildman–Crippen MR) is 81.6 cm³/mol. The van der Waals surface area contributed by atoms with E-state index in [1.54, 1.807) is 6.20 Å². The standard InChI is InChI=1S/C17H17N3O/c1-2-5-16(6-3-1)14-21-19-13-15-7-9-17(10-8-15)20-12-4-11-18-20/h1-12,19H,13-14H2. The second-order valence-electron chi connectivity index (χ2n) is 4.71.